The van der Waals surface area contributed by atoms with Crippen LogP contribution < -0.4 is 4.74 Å². The van der Waals surface area contributed by atoms with Crippen molar-refractivity contribution >= 4 is 5.57 Å². The van der Waals surface area contributed by atoms with E-state index in [2.05, 4.69) is 149 Å². The zero-order valence-electron chi connectivity index (χ0n) is 37.7. The highest BCUT2D eigenvalue weighted by Gasteiger charge is 2.37. The maximum absolute atomic E-state index is 7.22. The van der Waals surface area contributed by atoms with Gasteiger partial charge in [-0.05, 0) is 43.5 Å². The van der Waals surface area contributed by atoms with Crippen molar-refractivity contribution in [3.05, 3.63) is 211 Å². The minimum Gasteiger partial charge on any atom is -0.455 e. The fourth-order valence-corrected chi connectivity index (χ4v) is 8.58. The van der Waals surface area contributed by atoms with Crippen LogP contribution >= 0.6 is 0 Å². The fourth-order valence-electron chi connectivity index (χ4n) is 8.58. The number of fused-ring (bicyclic) bond motifs is 2. The summed E-state index contributed by atoms with van der Waals surface area (Å²) >= 11 is 0. The summed E-state index contributed by atoms with van der Waals surface area (Å²) in [6.07, 6.45) is 7.17. The van der Waals surface area contributed by atoms with Crippen molar-refractivity contribution in [3.63, 3.8) is 0 Å². The second kappa shape index (κ2) is 17.8. The second-order valence-corrected chi connectivity index (χ2v) is 17.0. The summed E-state index contributed by atoms with van der Waals surface area (Å²) in [6.45, 7) is 10.8. The highest BCUT2D eigenvalue weighted by Crippen LogP contribution is 2.54. The molecule has 1 aliphatic heterocycles. The number of ether oxygens (including phenoxy) is 1. The number of rotatable bonds is 10. The molecule has 0 atom stereocenters. The zero-order chi connectivity index (χ0) is 45.2. The first kappa shape index (κ1) is 41.8. The maximum Gasteiger partial charge on any atom is 0.164 e. The molecule has 3 heterocycles. The summed E-state index contributed by atoms with van der Waals surface area (Å²) in [5, 5.41) is 0. The molecule has 0 fully saturated rings. The second-order valence-electron chi connectivity index (χ2n) is 17.0. The lowest BCUT2D eigenvalue weighted by atomic mass is 9.74. The number of allylic oxidation sites excluding steroid dienone is 4. The zero-order valence-corrected chi connectivity index (χ0v) is 37.7. The smallest absolute Gasteiger partial charge is 0.164 e. The van der Waals surface area contributed by atoms with Crippen LogP contribution in [0.5, 0.6) is 11.5 Å². The molecule has 0 saturated carbocycles. The number of hydrogen-bond donors (Lipinski definition) is 0. The maximum atomic E-state index is 7.22. The molecule has 0 N–H and O–H groups in total. The molecule has 0 bridgehead atoms. The van der Waals surface area contributed by atoms with Gasteiger partial charge in [-0.25, -0.2) is 29.9 Å². The molecular weight excluding hydrogens is 809 g/mol. The lowest BCUT2D eigenvalue weighted by Crippen LogP contribution is -2.25. The highest BCUT2D eigenvalue weighted by atomic mass is 16.5. The normalized spacial score (nSPS) is 13.0. The Labute approximate surface area is 386 Å². The Morgan fingerprint density at radius 2 is 0.879 bits per heavy atom. The van der Waals surface area contributed by atoms with Crippen molar-refractivity contribution in [2.75, 3.05) is 0 Å². The van der Waals surface area contributed by atoms with E-state index in [9.17, 15) is 0 Å². The van der Waals surface area contributed by atoms with E-state index in [0.717, 1.165) is 84.7 Å². The molecular formula is C59H48N6O. The predicted molar refractivity (Wildman–Crippen MR) is 268 cm³/mol. The first-order chi connectivity index (χ1) is 32.3. The molecule has 0 saturated heterocycles. The third-order valence-electron chi connectivity index (χ3n) is 12.2. The molecule has 0 radical (unpaired) electrons. The van der Waals surface area contributed by atoms with Crippen molar-refractivity contribution in [1.29, 1.82) is 0 Å². The summed E-state index contributed by atoms with van der Waals surface area (Å²) in [4.78, 5) is 30.1. The molecule has 7 heteroatoms. The Balaban J connectivity index is 1.05. The summed E-state index contributed by atoms with van der Waals surface area (Å²) < 4.78 is 7.22. The van der Waals surface area contributed by atoms with Crippen LogP contribution in [0.3, 0.4) is 0 Å². The predicted octanol–water partition coefficient (Wildman–Crippen LogP) is 14.8. The van der Waals surface area contributed by atoms with Crippen molar-refractivity contribution in [3.8, 4) is 90.7 Å². The van der Waals surface area contributed by atoms with E-state index in [0.29, 0.717) is 34.9 Å². The molecule has 66 heavy (non-hydrogen) atoms. The molecule has 0 unspecified atom stereocenters. The first-order valence-electron chi connectivity index (χ1n) is 22.5. The monoisotopic (exact) mass is 856 g/mol. The van der Waals surface area contributed by atoms with Gasteiger partial charge in [0.05, 0.1) is 0 Å². The van der Waals surface area contributed by atoms with Crippen LogP contribution in [0.2, 0.25) is 0 Å². The summed E-state index contributed by atoms with van der Waals surface area (Å²) in [5.41, 5.74) is 12.5. The quantitative estimate of drug-likeness (QED) is 0.127. The van der Waals surface area contributed by atoms with Crippen LogP contribution in [-0.2, 0) is 5.41 Å². The Bertz CT molecular complexity index is 3300. The van der Waals surface area contributed by atoms with Gasteiger partial charge in [-0.15, -0.1) is 0 Å². The number of para-hydroxylation sites is 2. The van der Waals surface area contributed by atoms with Gasteiger partial charge >= 0.3 is 0 Å². The van der Waals surface area contributed by atoms with Gasteiger partial charge < -0.3 is 4.74 Å². The molecule has 0 aliphatic carbocycles. The molecule has 10 rings (SSSR count). The van der Waals surface area contributed by atoms with Crippen LogP contribution in [0.25, 0.3) is 84.8 Å². The van der Waals surface area contributed by atoms with E-state index in [-0.39, 0.29) is 5.41 Å². The summed E-state index contributed by atoms with van der Waals surface area (Å²) in [5.74, 6) is 5.35. The van der Waals surface area contributed by atoms with Crippen molar-refractivity contribution < 1.29 is 4.74 Å². The van der Waals surface area contributed by atoms with Crippen LogP contribution in [0, 0.1) is 6.92 Å². The Morgan fingerprint density at radius 1 is 0.470 bits per heavy atom. The molecule has 1 aliphatic rings. The fraction of sp³-hybridized carbons (Fsp3) is 0.119. The standard InChI is InChI=1S/C59H48N6O/c1-6-8-19-39(7-2)53-60-54(40-20-11-9-12-21-40)63-57(61-53)45-26-15-24-43(36-45)47-28-17-30-49-51(47)66-52-48(29-18-31-50(52)59(49,4)5)44-25-16-27-46(37-44)58-64-55(41-22-13-10-14-23-41)62-56(65-58)42-34-32-38(3)33-35-42/h7-37H,6H2,1-5H3/b19-8-,39-7+. The van der Waals surface area contributed by atoms with E-state index in [1.165, 1.54) is 5.56 Å². The van der Waals surface area contributed by atoms with Gasteiger partial charge in [0.25, 0.3) is 0 Å². The molecule has 0 amide bonds. The average molecular weight is 857 g/mol. The van der Waals surface area contributed by atoms with E-state index in [1.807, 2.05) is 73.7 Å². The van der Waals surface area contributed by atoms with Crippen LogP contribution in [-0.4, -0.2) is 29.9 Å². The molecule has 9 aromatic rings. The Hall–Kier alpha value is -8.16. The minimum atomic E-state index is -0.380. The van der Waals surface area contributed by atoms with Gasteiger partial charge in [-0.3, -0.25) is 0 Å². The SMILES string of the molecule is C/C=C(\C=C/CC)c1nc(-c2ccccc2)nc(-c2cccc(-c3cccc4c3Oc3c(-c5cccc(-c6nc(-c7ccccc7)nc(-c7ccc(C)cc7)n6)c5)cccc3C4(C)C)c2)n1. The van der Waals surface area contributed by atoms with Crippen LogP contribution in [0.4, 0.5) is 0 Å². The number of aromatic nitrogens is 6. The van der Waals surface area contributed by atoms with Crippen LogP contribution in [0.1, 0.15) is 56.6 Å². The van der Waals surface area contributed by atoms with Gasteiger partial charge in [0.15, 0.2) is 34.9 Å². The van der Waals surface area contributed by atoms with E-state index >= 15 is 0 Å². The third-order valence-corrected chi connectivity index (χ3v) is 12.2. The molecule has 0 spiro atoms. The average Bonchev–Trinajstić information content (AvgIpc) is 3.37. The number of aryl methyl sites for hydroxylation is 1. The Kier molecular flexibility index (Phi) is 11.3. The number of nitrogens with zero attached hydrogens (tertiary/aromatic N) is 6. The van der Waals surface area contributed by atoms with Crippen molar-refractivity contribution in [1.82, 2.24) is 29.9 Å². The summed E-state index contributed by atoms with van der Waals surface area (Å²) in [6, 6.07) is 58.2. The summed E-state index contributed by atoms with van der Waals surface area (Å²) in [7, 11) is 0. The molecule has 320 valence electrons. The van der Waals surface area contributed by atoms with Gasteiger partial charge in [0.2, 0.25) is 0 Å². The van der Waals surface area contributed by atoms with E-state index in [1.54, 1.807) is 0 Å². The van der Waals surface area contributed by atoms with Crippen molar-refractivity contribution in [2.24, 2.45) is 0 Å². The van der Waals surface area contributed by atoms with Gasteiger partial charge in [0.1, 0.15) is 11.5 Å². The first-order valence-corrected chi connectivity index (χ1v) is 22.5. The minimum absolute atomic E-state index is 0.380. The number of benzene rings is 7. The highest BCUT2D eigenvalue weighted by molar-refractivity contribution is 5.83. The topological polar surface area (TPSA) is 86.6 Å². The van der Waals surface area contributed by atoms with Gasteiger partial charge in [0, 0.05) is 61.1 Å². The molecule has 2 aromatic heterocycles. The van der Waals surface area contributed by atoms with Gasteiger partial charge in [-0.2, -0.15) is 0 Å². The van der Waals surface area contributed by atoms with E-state index < -0.39 is 0 Å². The molecule has 7 aromatic carbocycles. The van der Waals surface area contributed by atoms with Crippen molar-refractivity contribution in [2.45, 2.75) is 46.5 Å². The largest absolute Gasteiger partial charge is 0.455 e. The van der Waals surface area contributed by atoms with Gasteiger partial charge in [-0.1, -0.05) is 202 Å². The van der Waals surface area contributed by atoms with E-state index in [4.69, 9.17) is 34.6 Å². The lowest BCUT2D eigenvalue weighted by molar-refractivity contribution is 0.421. The third kappa shape index (κ3) is 8.12. The Morgan fingerprint density at radius 3 is 1.36 bits per heavy atom. The lowest BCUT2D eigenvalue weighted by Gasteiger charge is -2.36. The van der Waals surface area contributed by atoms with Crippen LogP contribution in [0.15, 0.2) is 188 Å². The number of hydrogen-bond acceptors (Lipinski definition) is 7. The molecule has 7 nitrogen and oxygen atoms in total.